The lowest BCUT2D eigenvalue weighted by atomic mass is 10.1. The third kappa shape index (κ3) is 7.40. The Bertz CT molecular complexity index is 473. The monoisotopic (exact) mass is 426 g/mol. The van der Waals surface area contributed by atoms with Crippen molar-refractivity contribution in [3.63, 3.8) is 0 Å². The fraction of sp³-hybridized carbons (Fsp3) is 1.00. The lowest BCUT2D eigenvalue weighted by Crippen LogP contribution is -2.48. The standard InChI is InChI=1S/C23H46N4O3/c1-20(2)21(3)30-16-12-27-19-22-17-23(27)18-26(22)11-15-29-14-10-25-7-5-24(6-8-25)9-13-28-4/h20-23H,5-19H2,1-4H3/t21-,22+,23+/m1/s1. The second kappa shape index (κ2) is 12.7. The number of hydrogen-bond donors (Lipinski definition) is 0. The Hall–Kier alpha value is -0.280. The van der Waals surface area contributed by atoms with Crippen molar-refractivity contribution in [1.29, 1.82) is 0 Å². The summed E-state index contributed by atoms with van der Waals surface area (Å²) in [6.45, 7) is 21.4. The number of rotatable bonds is 14. The summed E-state index contributed by atoms with van der Waals surface area (Å²) in [4.78, 5) is 10.3. The van der Waals surface area contributed by atoms with E-state index in [1.807, 2.05) is 0 Å². The number of hydrogen-bond acceptors (Lipinski definition) is 7. The maximum Gasteiger partial charge on any atom is 0.0597 e. The van der Waals surface area contributed by atoms with E-state index in [-0.39, 0.29) is 0 Å². The molecule has 0 aromatic rings. The summed E-state index contributed by atoms with van der Waals surface area (Å²) in [5.74, 6) is 0.598. The number of likely N-dealkylation sites (tertiary alicyclic amines) is 2. The quantitative estimate of drug-likeness (QED) is 0.385. The van der Waals surface area contributed by atoms with Crippen molar-refractivity contribution in [3.8, 4) is 0 Å². The van der Waals surface area contributed by atoms with Crippen LogP contribution in [0.3, 0.4) is 0 Å². The van der Waals surface area contributed by atoms with Gasteiger partial charge in [-0.1, -0.05) is 13.8 Å². The first-order valence-corrected chi connectivity index (χ1v) is 12.2. The van der Waals surface area contributed by atoms with Crippen molar-refractivity contribution < 1.29 is 14.2 Å². The first-order chi connectivity index (χ1) is 14.6. The highest BCUT2D eigenvalue weighted by molar-refractivity contribution is 4.99. The Morgan fingerprint density at radius 3 is 1.80 bits per heavy atom. The van der Waals surface area contributed by atoms with Gasteiger partial charge in [0, 0.05) is 84.6 Å². The molecule has 7 heteroatoms. The van der Waals surface area contributed by atoms with E-state index in [0.29, 0.717) is 12.0 Å². The van der Waals surface area contributed by atoms with Crippen molar-refractivity contribution >= 4 is 0 Å². The molecule has 0 aromatic carbocycles. The molecular weight excluding hydrogens is 380 g/mol. The van der Waals surface area contributed by atoms with Crippen LogP contribution >= 0.6 is 0 Å². The Balaban J connectivity index is 1.19. The van der Waals surface area contributed by atoms with Crippen LogP contribution in [0.5, 0.6) is 0 Å². The molecule has 0 amide bonds. The smallest absolute Gasteiger partial charge is 0.0597 e. The van der Waals surface area contributed by atoms with Crippen LogP contribution in [-0.4, -0.2) is 137 Å². The molecule has 3 saturated heterocycles. The SMILES string of the molecule is COCCN1CCN(CCOCCN2C[C@@H]3C[C@H]2CN3CCO[C@H](C)C(C)C)CC1. The first-order valence-electron chi connectivity index (χ1n) is 12.2. The molecule has 0 spiro atoms. The van der Waals surface area contributed by atoms with E-state index in [4.69, 9.17) is 14.2 Å². The predicted octanol–water partition coefficient (Wildman–Crippen LogP) is 1.09. The highest BCUT2D eigenvalue weighted by Gasteiger charge is 2.42. The summed E-state index contributed by atoms with van der Waals surface area (Å²) in [6.07, 6.45) is 1.69. The highest BCUT2D eigenvalue weighted by atomic mass is 16.5. The number of ether oxygens (including phenoxy) is 3. The predicted molar refractivity (Wildman–Crippen MR) is 121 cm³/mol. The maximum absolute atomic E-state index is 5.99. The lowest BCUT2D eigenvalue weighted by molar-refractivity contribution is 0.00987. The lowest BCUT2D eigenvalue weighted by Gasteiger charge is -2.35. The van der Waals surface area contributed by atoms with Gasteiger partial charge in [0.05, 0.1) is 32.5 Å². The van der Waals surface area contributed by atoms with Gasteiger partial charge < -0.3 is 14.2 Å². The zero-order valence-corrected chi connectivity index (χ0v) is 19.9. The molecule has 3 atom stereocenters. The minimum absolute atomic E-state index is 0.359. The van der Waals surface area contributed by atoms with Crippen molar-refractivity contribution in [1.82, 2.24) is 19.6 Å². The van der Waals surface area contributed by atoms with Crippen LogP contribution in [0.4, 0.5) is 0 Å². The van der Waals surface area contributed by atoms with Gasteiger partial charge >= 0.3 is 0 Å². The molecule has 0 radical (unpaired) electrons. The van der Waals surface area contributed by atoms with E-state index in [0.717, 1.165) is 90.9 Å². The number of nitrogens with zero attached hydrogens (tertiary/aromatic N) is 4. The Kier molecular flexibility index (Phi) is 10.3. The van der Waals surface area contributed by atoms with Crippen LogP contribution in [-0.2, 0) is 14.2 Å². The van der Waals surface area contributed by atoms with Crippen LogP contribution < -0.4 is 0 Å². The fourth-order valence-corrected chi connectivity index (χ4v) is 4.86. The van der Waals surface area contributed by atoms with Crippen molar-refractivity contribution in [2.24, 2.45) is 5.92 Å². The zero-order chi connectivity index (χ0) is 21.3. The van der Waals surface area contributed by atoms with Crippen molar-refractivity contribution in [2.75, 3.05) is 99.0 Å². The number of fused-ring (bicyclic) bond motifs is 2. The van der Waals surface area contributed by atoms with E-state index in [1.165, 1.54) is 19.5 Å². The largest absolute Gasteiger partial charge is 0.383 e. The molecule has 0 aliphatic carbocycles. The van der Waals surface area contributed by atoms with Gasteiger partial charge in [-0.15, -0.1) is 0 Å². The summed E-state index contributed by atoms with van der Waals surface area (Å²) in [5, 5.41) is 0. The summed E-state index contributed by atoms with van der Waals surface area (Å²) in [7, 11) is 1.78. The van der Waals surface area contributed by atoms with Gasteiger partial charge in [0.15, 0.2) is 0 Å². The second-order valence-corrected chi connectivity index (χ2v) is 9.64. The molecule has 176 valence electrons. The maximum atomic E-state index is 5.99. The third-order valence-electron chi connectivity index (χ3n) is 7.32. The molecule has 0 N–H and O–H groups in total. The average Bonchev–Trinajstić information content (AvgIpc) is 3.33. The summed E-state index contributed by atoms with van der Waals surface area (Å²) >= 11 is 0. The summed E-state index contributed by atoms with van der Waals surface area (Å²) in [6, 6.07) is 1.45. The van der Waals surface area contributed by atoms with E-state index >= 15 is 0 Å². The molecule has 3 aliphatic heterocycles. The Morgan fingerprint density at radius 2 is 1.27 bits per heavy atom. The van der Waals surface area contributed by atoms with Crippen LogP contribution in [0.15, 0.2) is 0 Å². The molecule has 3 aliphatic rings. The highest BCUT2D eigenvalue weighted by Crippen LogP contribution is 2.30. The van der Waals surface area contributed by atoms with Gasteiger partial charge in [0.1, 0.15) is 0 Å². The van der Waals surface area contributed by atoms with Crippen LogP contribution in [0.25, 0.3) is 0 Å². The van der Waals surface area contributed by atoms with Gasteiger partial charge in [-0.2, -0.15) is 0 Å². The average molecular weight is 427 g/mol. The van der Waals surface area contributed by atoms with Crippen molar-refractivity contribution in [3.05, 3.63) is 0 Å². The van der Waals surface area contributed by atoms with Gasteiger partial charge in [-0.3, -0.25) is 19.6 Å². The molecular formula is C23H46N4O3. The second-order valence-electron chi connectivity index (χ2n) is 9.64. The van der Waals surface area contributed by atoms with E-state index in [2.05, 4.69) is 40.4 Å². The van der Waals surface area contributed by atoms with Crippen LogP contribution in [0.1, 0.15) is 27.2 Å². The van der Waals surface area contributed by atoms with E-state index in [1.54, 1.807) is 7.11 Å². The van der Waals surface area contributed by atoms with Gasteiger partial charge in [-0.25, -0.2) is 0 Å². The van der Waals surface area contributed by atoms with Gasteiger partial charge in [0.2, 0.25) is 0 Å². The molecule has 0 saturated carbocycles. The van der Waals surface area contributed by atoms with Crippen molar-refractivity contribution in [2.45, 2.75) is 45.4 Å². The first kappa shape index (κ1) is 24.4. The van der Waals surface area contributed by atoms with Gasteiger partial charge in [-0.05, 0) is 19.3 Å². The minimum atomic E-state index is 0.359. The third-order valence-corrected chi connectivity index (χ3v) is 7.32. The molecule has 2 bridgehead atoms. The molecule has 0 unspecified atom stereocenters. The number of methoxy groups -OCH3 is 1. The van der Waals surface area contributed by atoms with Crippen LogP contribution in [0, 0.1) is 5.92 Å². The zero-order valence-electron chi connectivity index (χ0n) is 19.9. The van der Waals surface area contributed by atoms with E-state index in [9.17, 15) is 0 Å². The Labute approximate surface area is 184 Å². The molecule has 3 fully saturated rings. The molecule has 30 heavy (non-hydrogen) atoms. The minimum Gasteiger partial charge on any atom is -0.383 e. The Morgan fingerprint density at radius 1 is 0.733 bits per heavy atom. The van der Waals surface area contributed by atoms with Gasteiger partial charge in [0.25, 0.3) is 0 Å². The molecule has 0 aromatic heterocycles. The number of piperazine rings is 2. The van der Waals surface area contributed by atoms with Crippen LogP contribution in [0.2, 0.25) is 0 Å². The topological polar surface area (TPSA) is 40.7 Å². The summed E-state index contributed by atoms with van der Waals surface area (Å²) < 4.78 is 17.1. The van der Waals surface area contributed by atoms with E-state index < -0.39 is 0 Å². The fourth-order valence-electron chi connectivity index (χ4n) is 4.86. The normalized spacial score (nSPS) is 27.5. The molecule has 7 nitrogen and oxygen atoms in total. The summed E-state index contributed by atoms with van der Waals surface area (Å²) in [5.41, 5.74) is 0. The molecule has 3 rings (SSSR count). The molecule has 3 heterocycles.